The van der Waals surface area contributed by atoms with Crippen LogP contribution in [-0.4, -0.2) is 43.9 Å². The molecule has 170 valence electrons. The molecule has 0 N–H and O–H groups in total. The molecule has 0 bridgehead atoms. The Morgan fingerprint density at radius 3 is 2.31 bits per heavy atom. The van der Waals surface area contributed by atoms with Gasteiger partial charge in [-0.25, -0.2) is 9.48 Å². The van der Waals surface area contributed by atoms with Crippen molar-refractivity contribution in [2.24, 2.45) is 0 Å². The monoisotopic (exact) mass is 470 g/mol. The molecule has 0 aliphatic heterocycles. The normalized spacial score (nSPS) is 11.8. The highest BCUT2D eigenvalue weighted by atomic mass is 32.2. The van der Waals surface area contributed by atoms with Crippen molar-refractivity contribution in [2.75, 3.05) is 14.2 Å². The minimum Gasteiger partial charge on any atom is -0.496 e. The van der Waals surface area contributed by atoms with Crippen molar-refractivity contribution in [3.8, 4) is 17.2 Å². The maximum atomic E-state index is 12.8. The van der Waals surface area contributed by atoms with Crippen LogP contribution in [0.4, 0.5) is 13.2 Å². The molecule has 8 nitrogen and oxygen atoms in total. The number of rotatable bonds is 7. The fraction of sp³-hybridized carbons (Fsp3) is 0.200. The van der Waals surface area contributed by atoms with Crippen LogP contribution in [0.2, 0.25) is 0 Å². The van der Waals surface area contributed by atoms with E-state index in [9.17, 15) is 26.4 Å². The molecule has 0 aliphatic carbocycles. The summed E-state index contributed by atoms with van der Waals surface area (Å²) in [5.74, 6) is -1.90. The van der Waals surface area contributed by atoms with E-state index in [0.717, 1.165) is 24.4 Å². The quantitative estimate of drug-likeness (QED) is 0.296. The van der Waals surface area contributed by atoms with Crippen LogP contribution in [0.5, 0.6) is 11.5 Å². The summed E-state index contributed by atoms with van der Waals surface area (Å²) >= 11 is 0. The number of esters is 1. The zero-order chi connectivity index (χ0) is 23.5. The Balaban J connectivity index is 1.98. The zero-order valence-electron chi connectivity index (χ0n) is 16.8. The molecule has 1 aromatic heterocycles. The van der Waals surface area contributed by atoms with Gasteiger partial charge in [0.25, 0.3) is 0 Å². The van der Waals surface area contributed by atoms with Gasteiger partial charge >= 0.3 is 21.6 Å². The fourth-order valence-electron chi connectivity index (χ4n) is 2.85. The number of methoxy groups -OCH3 is 2. The average molecular weight is 470 g/mol. The average Bonchev–Trinajstić information content (AvgIpc) is 3.28. The van der Waals surface area contributed by atoms with E-state index in [1.165, 1.54) is 13.2 Å². The van der Waals surface area contributed by atoms with Crippen LogP contribution in [0, 0.1) is 0 Å². The molecule has 32 heavy (non-hydrogen) atoms. The van der Waals surface area contributed by atoms with Crippen molar-refractivity contribution in [3.05, 3.63) is 71.5 Å². The van der Waals surface area contributed by atoms with Crippen LogP contribution < -0.4 is 8.92 Å². The molecule has 1 heterocycles. The Bertz CT molecular complexity index is 1210. The third kappa shape index (κ3) is 4.85. The van der Waals surface area contributed by atoms with Crippen molar-refractivity contribution < 1.29 is 40.0 Å². The molecule has 0 saturated carbocycles. The zero-order valence-corrected chi connectivity index (χ0v) is 17.6. The summed E-state index contributed by atoms with van der Waals surface area (Å²) in [5.41, 5.74) is -4.18. The highest BCUT2D eigenvalue weighted by Crippen LogP contribution is 2.35. The molecule has 0 fully saturated rings. The number of ether oxygens (including phenoxy) is 2. The van der Waals surface area contributed by atoms with Crippen LogP contribution in [-0.2, 0) is 21.3 Å². The van der Waals surface area contributed by atoms with Crippen molar-refractivity contribution in [2.45, 2.75) is 11.9 Å². The van der Waals surface area contributed by atoms with E-state index in [1.54, 1.807) is 35.3 Å². The van der Waals surface area contributed by atoms with Gasteiger partial charge in [0.2, 0.25) is 0 Å². The molecule has 3 aromatic rings. The summed E-state index contributed by atoms with van der Waals surface area (Å²) in [5, 5.41) is 4.13. The second kappa shape index (κ2) is 8.91. The lowest BCUT2D eigenvalue weighted by Gasteiger charge is -2.16. The number of alkyl halides is 3. The molecular weight excluding hydrogens is 453 g/mol. The first-order chi connectivity index (χ1) is 15.1. The molecule has 0 spiro atoms. The maximum Gasteiger partial charge on any atom is 0.534 e. The second-order valence-corrected chi connectivity index (χ2v) is 7.97. The summed E-state index contributed by atoms with van der Waals surface area (Å²) < 4.78 is 76.7. The van der Waals surface area contributed by atoms with E-state index in [-0.39, 0.29) is 12.2 Å². The molecular formula is C20H17F3N2O6S. The molecule has 0 amide bonds. The first-order valence-corrected chi connectivity index (χ1v) is 10.4. The van der Waals surface area contributed by atoms with Crippen molar-refractivity contribution >= 4 is 16.1 Å². The minimum absolute atomic E-state index is 0.0289. The summed E-state index contributed by atoms with van der Waals surface area (Å²) in [6, 6.07) is 11.1. The van der Waals surface area contributed by atoms with Gasteiger partial charge in [-0.05, 0) is 35.4 Å². The number of benzene rings is 2. The lowest BCUT2D eigenvalue weighted by Crippen LogP contribution is -2.28. The Labute approximate surface area is 181 Å². The van der Waals surface area contributed by atoms with Crippen molar-refractivity contribution in [1.29, 1.82) is 0 Å². The third-order valence-corrected chi connectivity index (χ3v) is 5.34. The van der Waals surface area contributed by atoms with E-state index >= 15 is 0 Å². The fourth-order valence-corrected chi connectivity index (χ4v) is 3.31. The molecule has 0 aliphatic rings. The third-order valence-electron chi connectivity index (χ3n) is 4.37. The first kappa shape index (κ1) is 23.1. The molecule has 0 saturated heterocycles. The van der Waals surface area contributed by atoms with Gasteiger partial charge in [0, 0.05) is 24.9 Å². The van der Waals surface area contributed by atoms with Gasteiger partial charge in [0.15, 0.2) is 5.75 Å². The van der Waals surface area contributed by atoms with Crippen molar-refractivity contribution in [3.63, 3.8) is 0 Å². The van der Waals surface area contributed by atoms with E-state index in [0.29, 0.717) is 5.56 Å². The summed E-state index contributed by atoms with van der Waals surface area (Å²) in [6.07, 6.45) is 3.63. The predicted octanol–water partition coefficient (Wildman–Crippen LogP) is 3.49. The minimum atomic E-state index is -6.01. The summed E-state index contributed by atoms with van der Waals surface area (Å²) in [4.78, 5) is 12.1. The number of carbonyl (C=O) groups is 1. The topological polar surface area (TPSA) is 96.7 Å². The molecule has 0 radical (unpaired) electrons. The highest BCUT2D eigenvalue weighted by molar-refractivity contribution is 7.88. The highest BCUT2D eigenvalue weighted by Gasteiger charge is 2.49. The van der Waals surface area contributed by atoms with Crippen LogP contribution in [0.1, 0.15) is 21.5 Å². The SMILES string of the molecule is COC(=O)c1cc(Cc2ccc(-n3cccn3)cc2)c(OC)cc1OS(=O)(=O)C(F)(F)F. The Kier molecular flexibility index (Phi) is 6.44. The van der Waals surface area contributed by atoms with Crippen LogP contribution in [0.3, 0.4) is 0 Å². The van der Waals surface area contributed by atoms with Crippen molar-refractivity contribution in [1.82, 2.24) is 9.78 Å². The van der Waals surface area contributed by atoms with E-state index < -0.39 is 32.9 Å². The molecule has 0 unspecified atom stereocenters. The van der Waals surface area contributed by atoms with Gasteiger partial charge < -0.3 is 13.7 Å². The van der Waals surface area contributed by atoms with Crippen LogP contribution in [0.15, 0.2) is 54.9 Å². The number of hydrogen-bond acceptors (Lipinski definition) is 7. The number of halogens is 3. The van der Waals surface area contributed by atoms with Gasteiger partial charge in [0.1, 0.15) is 11.3 Å². The molecule has 3 rings (SSSR count). The van der Waals surface area contributed by atoms with Gasteiger partial charge in [-0.15, -0.1) is 0 Å². The van der Waals surface area contributed by atoms with Crippen LogP contribution in [0.25, 0.3) is 5.69 Å². The molecule has 12 heteroatoms. The lowest BCUT2D eigenvalue weighted by molar-refractivity contribution is -0.0500. The maximum absolute atomic E-state index is 12.8. The smallest absolute Gasteiger partial charge is 0.496 e. The van der Waals surface area contributed by atoms with Gasteiger partial charge in [-0.2, -0.15) is 26.7 Å². The van der Waals surface area contributed by atoms with E-state index in [4.69, 9.17) is 4.74 Å². The number of nitrogens with zero attached hydrogens (tertiary/aromatic N) is 2. The Morgan fingerprint density at radius 1 is 1.09 bits per heavy atom. The van der Waals surface area contributed by atoms with E-state index in [2.05, 4.69) is 14.0 Å². The molecule has 2 aromatic carbocycles. The van der Waals surface area contributed by atoms with Gasteiger partial charge in [-0.1, -0.05) is 12.1 Å². The second-order valence-electron chi connectivity index (χ2n) is 6.43. The predicted molar refractivity (Wildman–Crippen MR) is 106 cm³/mol. The van der Waals surface area contributed by atoms with E-state index in [1.807, 2.05) is 12.1 Å². The largest absolute Gasteiger partial charge is 0.534 e. The Hall–Kier alpha value is -3.54. The number of hydrogen-bond donors (Lipinski definition) is 0. The van der Waals surface area contributed by atoms with Gasteiger partial charge in [-0.3, -0.25) is 0 Å². The number of aromatic nitrogens is 2. The standard InChI is InChI=1S/C20H17F3N2O6S/c1-29-17-12-18(31-32(27,28)20(21,22)23)16(19(26)30-2)11-14(17)10-13-4-6-15(7-5-13)25-9-3-8-24-25/h3-9,11-12H,10H2,1-2H3. The van der Waals surface area contributed by atoms with Gasteiger partial charge in [0.05, 0.1) is 19.9 Å². The Morgan fingerprint density at radius 2 is 1.78 bits per heavy atom. The summed E-state index contributed by atoms with van der Waals surface area (Å²) in [6.45, 7) is 0. The molecule has 0 atom stereocenters. The summed E-state index contributed by atoms with van der Waals surface area (Å²) in [7, 11) is -3.76. The number of carbonyl (C=O) groups excluding carboxylic acids is 1. The van der Waals surface area contributed by atoms with Crippen LogP contribution >= 0.6 is 0 Å². The lowest BCUT2D eigenvalue weighted by atomic mass is 10.0. The first-order valence-electron chi connectivity index (χ1n) is 8.94.